The topological polar surface area (TPSA) is 19.0 Å². The van der Waals surface area contributed by atoms with Crippen molar-refractivity contribution in [3.05, 3.63) is 30.0 Å². The number of fused-ring (bicyclic) bond motifs is 1. The van der Waals surface area contributed by atoms with E-state index in [1.54, 1.807) is 0 Å². The molecule has 1 aromatic heterocycles. The van der Waals surface area contributed by atoms with Gasteiger partial charge in [0.15, 0.2) is 0 Å². The molecule has 3 heteroatoms. The molecule has 2 fully saturated rings. The molecule has 0 unspecified atom stereocenters. The van der Waals surface area contributed by atoms with Gasteiger partial charge < -0.3 is 4.98 Å². The minimum atomic E-state index is 0.771. The Kier molecular flexibility index (Phi) is 3.72. The summed E-state index contributed by atoms with van der Waals surface area (Å²) < 4.78 is 0. The quantitative estimate of drug-likeness (QED) is 0.841. The lowest BCUT2D eigenvalue weighted by molar-refractivity contribution is 0.114. The first-order valence-electron chi connectivity index (χ1n) is 8.25. The molecule has 1 aliphatic heterocycles. The maximum Gasteiger partial charge on any atom is 0.0457 e. The molecule has 112 valence electrons. The van der Waals surface area contributed by atoms with Crippen LogP contribution in [0.15, 0.2) is 29.3 Å². The smallest absolute Gasteiger partial charge is 0.0457 e. The summed E-state index contributed by atoms with van der Waals surface area (Å²) in [4.78, 5) is 7.63. The molecule has 2 aliphatic rings. The van der Waals surface area contributed by atoms with E-state index in [1.807, 2.05) is 11.8 Å². The molecule has 1 N–H and O–H groups in total. The Balaban J connectivity index is 1.58. The molecule has 2 nitrogen and oxygen atoms in total. The number of nitrogens with one attached hydrogen (secondary N) is 1. The van der Waals surface area contributed by atoms with E-state index in [4.69, 9.17) is 0 Å². The van der Waals surface area contributed by atoms with Crippen molar-refractivity contribution in [1.29, 1.82) is 0 Å². The van der Waals surface area contributed by atoms with Crippen LogP contribution in [-0.4, -0.2) is 34.8 Å². The summed E-state index contributed by atoms with van der Waals surface area (Å²) in [6.45, 7) is 1.33. The van der Waals surface area contributed by atoms with Crippen molar-refractivity contribution in [3.8, 4) is 0 Å². The number of benzene rings is 1. The van der Waals surface area contributed by atoms with Crippen LogP contribution < -0.4 is 0 Å². The van der Waals surface area contributed by atoms with Crippen LogP contribution in [0.3, 0.4) is 0 Å². The van der Waals surface area contributed by atoms with E-state index in [2.05, 4.69) is 40.5 Å². The molecule has 4 rings (SSSR count). The van der Waals surface area contributed by atoms with E-state index >= 15 is 0 Å². The van der Waals surface area contributed by atoms with Crippen LogP contribution in [0.25, 0.3) is 10.9 Å². The van der Waals surface area contributed by atoms with Crippen molar-refractivity contribution in [3.63, 3.8) is 0 Å². The fourth-order valence-electron chi connectivity index (χ4n) is 3.98. The molecular weight excluding hydrogens is 276 g/mol. The zero-order valence-corrected chi connectivity index (χ0v) is 13.6. The van der Waals surface area contributed by atoms with Gasteiger partial charge >= 0.3 is 0 Å². The predicted molar refractivity (Wildman–Crippen MR) is 91.2 cm³/mol. The van der Waals surface area contributed by atoms with Gasteiger partial charge in [-0.1, -0.05) is 6.42 Å². The minimum absolute atomic E-state index is 0.771. The summed E-state index contributed by atoms with van der Waals surface area (Å²) in [5, 5.41) is 1.43. The largest absolute Gasteiger partial charge is 0.361 e. The van der Waals surface area contributed by atoms with Gasteiger partial charge in [0.25, 0.3) is 0 Å². The molecule has 1 aliphatic carbocycles. The van der Waals surface area contributed by atoms with E-state index in [1.165, 1.54) is 66.4 Å². The Labute approximate surface area is 131 Å². The Morgan fingerprint density at radius 1 is 1.24 bits per heavy atom. The second-order valence-electron chi connectivity index (χ2n) is 6.55. The molecule has 1 aromatic carbocycles. The maximum atomic E-state index is 3.46. The van der Waals surface area contributed by atoms with Crippen molar-refractivity contribution in [2.45, 2.75) is 55.5 Å². The number of likely N-dealkylation sites (tertiary alicyclic amines) is 1. The number of hydrogen-bond donors (Lipinski definition) is 1. The monoisotopic (exact) mass is 300 g/mol. The molecule has 0 bridgehead atoms. The molecule has 0 amide bonds. The number of rotatable bonds is 4. The van der Waals surface area contributed by atoms with Gasteiger partial charge in [-0.15, -0.1) is 11.8 Å². The number of aromatic nitrogens is 1. The number of aromatic amines is 1. The van der Waals surface area contributed by atoms with Crippen LogP contribution in [-0.2, 0) is 6.42 Å². The van der Waals surface area contributed by atoms with E-state index in [9.17, 15) is 0 Å². The maximum absolute atomic E-state index is 3.46. The summed E-state index contributed by atoms with van der Waals surface area (Å²) in [6, 6.07) is 8.46. The predicted octanol–water partition coefficient (Wildman–Crippen LogP) is 4.45. The van der Waals surface area contributed by atoms with Gasteiger partial charge in [0.05, 0.1) is 0 Å². The van der Waals surface area contributed by atoms with Crippen LogP contribution >= 0.6 is 11.8 Å². The summed E-state index contributed by atoms with van der Waals surface area (Å²) in [5.74, 6) is 0. The molecule has 1 atom stereocenters. The van der Waals surface area contributed by atoms with Crippen molar-refractivity contribution < 1.29 is 0 Å². The molecule has 1 saturated carbocycles. The molecule has 2 aromatic rings. The van der Waals surface area contributed by atoms with Gasteiger partial charge in [-0.3, -0.25) is 4.90 Å². The number of nitrogens with zero attached hydrogens (tertiary/aromatic N) is 1. The standard InChI is InChI=1S/C18H24N2S/c1-21-16-7-8-18-17(11-16)13(12-19-18)10-15-6-3-9-20(15)14-4-2-5-14/h7-8,11-12,14-15,19H,2-6,9-10H2,1H3/t15-/m1/s1. The molecule has 21 heavy (non-hydrogen) atoms. The van der Waals surface area contributed by atoms with Crippen molar-refractivity contribution in [1.82, 2.24) is 9.88 Å². The summed E-state index contributed by atoms with van der Waals surface area (Å²) in [5.41, 5.74) is 2.80. The highest BCUT2D eigenvalue weighted by molar-refractivity contribution is 7.98. The highest BCUT2D eigenvalue weighted by Crippen LogP contribution is 2.34. The van der Waals surface area contributed by atoms with Crippen LogP contribution in [0.2, 0.25) is 0 Å². The van der Waals surface area contributed by atoms with Crippen molar-refractivity contribution in [2.24, 2.45) is 0 Å². The average Bonchev–Trinajstić information content (AvgIpc) is 3.05. The number of thioether (sulfide) groups is 1. The lowest BCUT2D eigenvalue weighted by Crippen LogP contribution is -2.43. The van der Waals surface area contributed by atoms with E-state index in [0.29, 0.717) is 0 Å². The summed E-state index contributed by atoms with van der Waals surface area (Å²) in [6.07, 6.45) is 12.7. The first-order chi connectivity index (χ1) is 10.3. The second kappa shape index (κ2) is 5.69. The fourth-order valence-corrected chi connectivity index (χ4v) is 4.42. The van der Waals surface area contributed by atoms with E-state index < -0.39 is 0 Å². The zero-order valence-electron chi connectivity index (χ0n) is 12.8. The zero-order chi connectivity index (χ0) is 14.2. The average molecular weight is 300 g/mol. The van der Waals surface area contributed by atoms with Crippen LogP contribution in [0, 0.1) is 0 Å². The third-order valence-electron chi connectivity index (χ3n) is 5.40. The lowest BCUT2D eigenvalue weighted by Gasteiger charge is -2.38. The highest BCUT2D eigenvalue weighted by atomic mass is 32.2. The fraction of sp³-hybridized carbons (Fsp3) is 0.556. The van der Waals surface area contributed by atoms with Crippen molar-refractivity contribution >= 4 is 22.7 Å². The van der Waals surface area contributed by atoms with E-state index in [0.717, 1.165) is 12.1 Å². The molecule has 0 radical (unpaired) electrons. The van der Waals surface area contributed by atoms with Crippen LogP contribution in [0.1, 0.15) is 37.7 Å². The lowest BCUT2D eigenvalue weighted by atomic mass is 9.90. The molecule has 2 heterocycles. The van der Waals surface area contributed by atoms with Gasteiger partial charge in [-0.05, 0) is 68.7 Å². The van der Waals surface area contributed by atoms with Crippen LogP contribution in [0.4, 0.5) is 0 Å². The first kappa shape index (κ1) is 13.7. The Morgan fingerprint density at radius 3 is 2.90 bits per heavy atom. The molecular formula is C18H24N2S. The summed E-state index contributed by atoms with van der Waals surface area (Å²) in [7, 11) is 0. The Morgan fingerprint density at radius 2 is 2.14 bits per heavy atom. The second-order valence-corrected chi connectivity index (χ2v) is 7.43. The Bertz CT molecular complexity index is 629. The Hall–Kier alpha value is -0.930. The highest BCUT2D eigenvalue weighted by Gasteiger charge is 2.33. The van der Waals surface area contributed by atoms with Gasteiger partial charge in [-0.2, -0.15) is 0 Å². The third-order valence-corrected chi connectivity index (χ3v) is 6.12. The van der Waals surface area contributed by atoms with Gasteiger partial charge in [0.2, 0.25) is 0 Å². The normalized spacial score (nSPS) is 23.8. The third kappa shape index (κ3) is 2.51. The van der Waals surface area contributed by atoms with Gasteiger partial charge in [0, 0.05) is 34.1 Å². The molecule has 0 spiro atoms. The summed E-state index contributed by atoms with van der Waals surface area (Å²) >= 11 is 1.83. The minimum Gasteiger partial charge on any atom is -0.361 e. The van der Waals surface area contributed by atoms with E-state index in [-0.39, 0.29) is 0 Å². The number of hydrogen-bond acceptors (Lipinski definition) is 2. The number of H-pyrrole nitrogens is 1. The van der Waals surface area contributed by atoms with Gasteiger partial charge in [-0.25, -0.2) is 0 Å². The molecule has 1 saturated heterocycles. The van der Waals surface area contributed by atoms with Crippen LogP contribution in [0.5, 0.6) is 0 Å². The van der Waals surface area contributed by atoms with Gasteiger partial charge in [0.1, 0.15) is 0 Å². The van der Waals surface area contributed by atoms with Crippen molar-refractivity contribution in [2.75, 3.05) is 12.8 Å². The first-order valence-corrected chi connectivity index (χ1v) is 9.47. The SMILES string of the molecule is CSc1ccc2[nH]cc(C[C@H]3CCCN3C3CCC3)c2c1.